The van der Waals surface area contributed by atoms with Crippen molar-refractivity contribution in [1.29, 1.82) is 5.26 Å². The number of carbonyl (C=O) groups excluding carboxylic acids is 1. The van der Waals surface area contributed by atoms with Gasteiger partial charge in [-0.3, -0.25) is 4.90 Å². The summed E-state index contributed by atoms with van der Waals surface area (Å²) in [5, 5.41) is 12.2. The zero-order valence-corrected chi connectivity index (χ0v) is 20.4. The first-order valence-electron chi connectivity index (χ1n) is 12.5. The van der Waals surface area contributed by atoms with Crippen LogP contribution in [0.4, 0.5) is 10.6 Å². The summed E-state index contributed by atoms with van der Waals surface area (Å²) in [6.07, 6.45) is 5.05. The van der Waals surface area contributed by atoms with E-state index in [2.05, 4.69) is 70.3 Å². The summed E-state index contributed by atoms with van der Waals surface area (Å²) in [6.45, 7) is 9.68. The fourth-order valence-electron chi connectivity index (χ4n) is 5.30. The van der Waals surface area contributed by atoms with Crippen molar-refractivity contribution in [2.75, 3.05) is 37.6 Å². The van der Waals surface area contributed by atoms with Gasteiger partial charge in [-0.2, -0.15) is 5.26 Å². The minimum atomic E-state index is 0.0361. The monoisotopic (exact) mass is 460 g/mol. The van der Waals surface area contributed by atoms with E-state index in [0.29, 0.717) is 11.5 Å². The summed E-state index contributed by atoms with van der Waals surface area (Å²) in [6, 6.07) is 16.7. The fraction of sp³-hybridized carbons (Fsp3) is 0.519. The van der Waals surface area contributed by atoms with Gasteiger partial charge in [0.2, 0.25) is 0 Å². The van der Waals surface area contributed by atoms with Crippen LogP contribution in [0, 0.1) is 17.2 Å². The van der Waals surface area contributed by atoms with Gasteiger partial charge in [-0.25, -0.2) is 9.78 Å². The molecular weight excluding hydrogens is 424 g/mol. The second-order valence-corrected chi connectivity index (χ2v) is 9.75. The van der Waals surface area contributed by atoms with Crippen LogP contribution in [-0.2, 0) is 6.54 Å². The first-order chi connectivity index (χ1) is 16.5. The third-order valence-corrected chi connectivity index (χ3v) is 7.14. The minimum Gasteiger partial charge on any atom is -0.353 e. The average molecular weight is 461 g/mol. The van der Waals surface area contributed by atoms with Crippen LogP contribution in [0.3, 0.4) is 0 Å². The first kappa shape index (κ1) is 24.0. The number of carbonyl (C=O) groups is 1. The third kappa shape index (κ3) is 6.06. The lowest BCUT2D eigenvalue weighted by Gasteiger charge is -2.44. The summed E-state index contributed by atoms with van der Waals surface area (Å²) in [5.41, 5.74) is 1.94. The molecule has 2 aromatic rings. The van der Waals surface area contributed by atoms with E-state index in [1.807, 2.05) is 11.0 Å². The normalized spacial score (nSPS) is 21.8. The maximum Gasteiger partial charge on any atom is 0.318 e. The molecule has 1 N–H and O–H groups in total. The number of hydrogen-bond donors (Lipinski definition) is 1. The van der Waals surface area contributed by atoms with Crippen LogP contribution in [0.25, 0.3) is 0 Å². The lowest BCUT2D eigenvalue weighted by molar-refractivity contribution is 0.139. The molecule has 2 atom stereocenters. The molecule has 7 heteroatoms. The second kappa shape index (κ2) is 11.3. The Morgan fingerprint density at radius 2 is 1.79 bits per heavy atom. The fourth-order valence-corrected chi connectivity index (χ4v) is 5.30. The van der Waals surface area contributed by atoms with E-state index in [4.69, 9.17) is 5.26 Å². The molecule has 180 valence electrons. The summed E-state index contributed by atoms with van der Waals surface area (Å²) >= 11 is 0. The molecule has 1 aromatic heterocycles. The highest BCUT2D eigenvalue weighted by Crippen LogP contribution is 2.23. The number of hydrogen-bond acceptors (Lipinski definition) is 5. The predicted molar refractivity (Wildman–Crippen MR) is 134 cm³/mol. The van der Waals surface area contributed by atoms with Gasteiger partial charge in [-0.15, -0.1) is 0 Å². The maximum atomic E-state index is 13.0. The molecule has 0 unspecified atom stereocenters. The molecule has 0 saturated carbocycles. The van der Waals surface area contributed by atoms with Gasteiger partial charge in [0.25, 0.3) is 0 Å². The Morgan fingerprint density at radius 3 is 2.41 bits per heavy atom. The highest BCUT2D eigenvalue weighted by Gasteiger charge is 2.33. The van der Waals surface area contributed by atoms with Crippen LogP contribution in [-0.4, -0.2) is 65.6 Å². The average Bonchev–Trinajstić information content (AvgIpc) is 2.85. The van der Waals surface area contributed by atoms with Crippen LogP contribution in [0.1, 0.15) is 44.2 Å². The Labute approximate surface area is 203 Å². The van der Waals surface area contributed by atoms with Crippen molar-refractivity contribution in [2.45, 2.75) is 51.7 Å². The van der Waals surface area contributed by atoms with E-state index < -0.39 is 0 Å². The van der Waals surface area contributed by atoms with Crippen molar-refractivity contribution in [3.8, 4) is 6.07 Å². The van der Waals surface area contributed by atoms with E-state index in [1.165, 1.54) is 18.4 Å². The van der Waals surface area contributed by atoms with Crippen LogP contribution in [0.15, 0.2) is 48.7 Å². The molecule has 0 radical (unpaired) electrons. The quantitative estimate of drug-likeness (QED) is 0.708. The van der Waals surface area contributed by atoms with E-state index in [-0.39, 0.29) is 18.1 Å². The maximum absolute atomic E-state index is 13.0. The number of piperazine rings is 1. The molecular formula is C27H36N6O. The number of pyridine rings is 1. The molecule has 1 aromatic carbocycles. The topological polar surface area (TPSA) is 75.5 Å². The SMILES string of the molecule is C[C@@H]1CN(c2ccc(C#N)cn2)C[C@H](C)N1C(=O)NCCC1CCN(Cc2ccccc2)CC1. The largest absolute Gasteiger partial charge is 0.353 e. The van der Waals surface area contributed by atoms with Gasteiger partial charge in [0.15, 0.2) is 0 Å². The van der Waals surface area contributed by atoms with Crippen LogP contribution < -0.4 is 10.2 Å². The molecule has 0 bridgehead atoms. The zero-order valence-electron chi connectivity index (χ0n) is 20.4. The number of anilines is 1. The smallest absolute Gasteiger partial charge is 0.318 e. The first-order valence-corrected chi connectivity index (χ1v) is 12.5. The van der Waals surface area contributed by atoms with Gasteiger partial charge in [0.05, 0.1) is 5.56 Å². The molecule has 34 heavy (non-hydrogen) atoms. The summed E-state index contributed by atoms with van der Waals surface area (Å²) in [5.74, 6) is 1.54. The predicted octanol–water partition coefficient (Wildman–Crippen LogP) is 3.86. The molecule has 0 spiro atoms. The van der Waals surface area contributed by atoms with E-state index in [1.54, 1.807) is 12.3 Å². The highest BCUT2D eigenvalue weighted by atomic mass is 16.2. The Balaban J connectivity index is 1.19. The number of rotatable bonds is 6. The van der Waals surface area contributed by atoms with Crippen LogP contribution >= 0.6 is 0 Å². The number of likely N-dealkylation sites (tertiary alicyclic amines) is 1. The summed E-state index contributed by atoms with van der Waals surface area (Å²) < 4.78 is 0. The number of urea groups is 1. The molecule has 2 aliphatic rings. The van der Waals surface area contributed by atoms with E-state index >= 15 is 0 Å². The standard InChI is InChI=1S/C27H36N6O/c1-21-18-32(26-9-8-25(16-28)17-30-26)19-22(2)33(21)27(34)29-13-10-23-11-14-31(15-12-23)20-24-6-4-3-5-7-24/h3-9,17,21-23H,10-15,18-20H2,1-2H3,(H,29,34)/t21-,22+. The number of piperidine rings is 1. The molecule has 3 heterocycles. The zero-order chi connectivity index (χ0) is 23.9. The number of amides is 2. The van der Waals surface area contributed by atoms with Gasteiger partial charge in [-0.05, 0) is 69.8 Å². The Bertz CT molecular complexity index is 953. The molecule has 2 saturated heterocycles. The van der Waals surface area contributed by atoms with Gasteiger partial charge in [-0.1, -0.05) is 30.3 Å². The second-order valence-electron chi connectivity index (χ2n) is 9.75. The van der Waals surface area contributed by atoms with E-state index in [0.717, 1.165) is 51.5 Å². The third-order valence-electron chi connectivity index (χ3n) is 7.14. The van der Waals surface area contributed by atoms with Crippen molar-refractivity contribution in [3.63, 3.8) is 0 Å². The van der Waals surface area contributed by atoms with Crippen molar-refractivity contribution in [1.82, 2.24) is 20.1 Å². The number of benzene rings is 1. The molecule has 2 aliphatic heterocycles. The molecule has 2 fully saturated rings. The Kier molecular flexibility index (Phi) is 8.02. The molecule has 7 nitrogen and oxygen atoms in total. The summed E-state index contributed by atoms with van der Waals surface area (Å²) in [4.78, 5) is 24.1. The van der Waals surface area contributed by atoms with Crippen LogP contribution in [0.5, 0.6) is 0 Å². The number of nitriles is 1. The van der Waals surface area contributed by atoms with Gasteiger partial charge >= 0.3 is 6.03 Å². The number of aromatic nitrogens is 1. The highest BCUT2D eigenvalue weighted by molar-refractivity contribution is 5.75. The molecule has 2 amide bonds. The minimum absolute atomic E-state index is 0.0361. The number of nitrogens with one attached hydrogen (secondary N) is 1. The summed E-state index contributed by atoms with van der Waals surface area (Å²) in [7, 11) is 0. The van der Waals surface area contributed by atoms with Crippen molar-refractivity contribution in [3.05, 3.63) is 59.8 Å². The lowest BCUT2D eigenvalue weighted by atomic mass is 9.93. The molecule has 0 aliphatic carbocycles. The van der Waals surface area contributed by atoms with Crippen molar-refractivity contribution in [2.24, 2.45) is 5.92 Å². The Morgan fingerprint density at radius 1 is 1.09 bits per heavy atom. The van der Waals surface area contributed by atoms with Crippen molar-refractivity contribution >= 4 is 11.8 Å². The van der Waals surface area contributed by atoms with Gasteiger partial charge in [0, 0.05) is 44.5 Å². The van der Waals surface area contributed by atoms with Crippen molar-refractivity contribution < 1.29 is 4.79 Å². The lowest BCUT2D eigenvalue weighted by Crippen LogP contribution is -2.61. The van der Waals surface area contributed by atoms with Gasteiger partial charge in [0.1, 0.15) is 11.9 Å². The van der Waals surface area contributed by atoms with Crippen LogP contribution in [0.2, 0.25) is 0 Å². The molecule has 4 rings (SSSR count). The van der Waals surface area contributed by atoms with E-state index in [9.17, 15) is 4.79 Å². The number of nitrogens with zero attached hydrogens (tertiary/aromatic N) is 5. The Hall–Kier alpha value is -3.11. The van der Waals surface area contributed by atoms with Gasteiger partial charge < -0.3 is 15.1 Å².